The summed E-state index contributed by atoms with van der Waals surface area (Å²) in [5.41, 5.74) is 1.19. The van der Waals surface area contributed by atoms with Crippen LogP contribution in [-0.2, 0) is 14.8 Å². The summed E-state index contributed by atoms with van der Waals surface area (Å²) in [5.74, 6) is 2.14. The zero-order valence-electron chi connectivity index (χ0n) is 15.1. The highest BCUT2D eigenvalue weighted by Crippen LogP contribution is 2.58. The maximum absolute atomic E-state index is 13.1. The summed E-state index contributed by atoms with van der Waals surface area (Å²) >= 11 is 1.85. The fourth-order valence-corrected chi connectivity index (χ4v) is 6.82. The van der Waals surface area contributed by atoms with Crippen LogP contribution in [0.15, 0.2) is 54.6 Å². The van der Waals surface area contributed by atoms with Crippen LogP contribution in [0.25, 0.3) is 0 Å². The lowest BCUT2D eigenvalue weighted by molar-refractivity contribution is -0.116. The topological polar surface area (TPSA) is 75.7 Å². The smallest absolute Gasteiger partial charge is 0.250 e. The molecule has 2 aromatic carbocycles. The first-order valence-electron chi connectivity index (χ1n) is 9.24. The standard InChI is InChI=1S/C20H20N2O4S2/c23-19(21-15-6-8-17(9-7-15)26-18-12-27-13-18)20-10-14(20)11-22(28(20,24)25)16-4-2-1-3-5-16/h1-9,14,18H,10-13H2,(H,21,23)/t14-,20+/m1/s1. The lowest BCUT2D eigenvalue weighted by Crippen LogP contribution is -2.42. The van der Waals surface area contributed by atoms with Gasteiger partial charge in [0.1, 0.15) is 11.9 Å². The van der Waals surface area contributed by atoms with Crippen molar-refractivity contribution in [2.24, 2.45) is 5.92 Å². The molecule has 2 aliphatic heterocycles. The van der Waals surface area contributed by atoms with Gasteiger partial charge < -0.3 is 10.1 Å². The molecule has 1 N–H and O–H groups in total. The number of benzene rings is 2. The molecule has 6 nitrogen and oxygen atoms in total. The molecule has 0 radical (unpaired) electrons. The Morgan fingerprint density at radius 2 is 1.82 bits per heavy atom. The third-order valence-corrected chi connectivity index (χ3v) is 9.40. The molecule has 1 saturated carbocycles. The van der Waals surface area contributed by atoms with Gasteiger partial charge in [0.15, 0.2) is 4.75 Å². The average Bonchev–Trinajstić information content (AvgIpc) is 3.36. The third-order valence-electron chi connectivity index (χ3n) is 5.64. The first kappa shape index (κ1) is 17.9. The SMILES string of the molecule is O=C(Nc1ccc(OC2CSC2)cc1)[C@]12C[C@@H]1CN(c1ccccc1)S2(=O)=O. The van der Waals surface area contributed by atoms with Gasteiger partial charge in [-0.3, -0.25) is 9.10 Å². The lowest BCUT2D eigenvalue weighted by Gasteiger charge is -2.26. The highest BCUT2D eigenvalue weighted by molar-refractivity contribution is 8.00. The lowest BCUT2D eigenvalue weighted by atomic mass is 10.2. The molecule has 0 spiro atoms. The Kier molecular flexibility index (Phi) is 4.10. The van der Waals surface area contributed by atoms with Gasteiger partial charge in [-0.25, -0.2) is 8.42 Å². The molecule has 8 heteroatoms. The number of hydrogen-bond donors (Lipinski definition) is 1. The number of carbonyl (C=O) groups is 1. The number of rotatable bonds is 5. The Labute approximate surface area is 168 Å². The summed E-state index contributed by atoms with van der Waals surface area (Å²) in [7, 11) is -3.75. The minimum atomic E-state index is -3.75. The fraction of sp³-hybridized carbons (Fsp3) is 0.350. The van der Waals surface area contributed by atoms with Crippen LogP contribution in [-0.4, -0.2) is 43.2 Å². The maximum Gasteiger partial charge on any atom is 0.250 e. The van der Waals surface area contributed by atoms with E-state index in [1.165, 1.54) is 4.31 Å². The van der Waals surface area contributed by atoms with E-state index in [1.54, 1.807) is 48.5 Å². The molecule has 2 atom stereocenters. The predicted octanol–water partition coefficient (Wildman–Crippen LogP) is 2.73. The third kappa shape index (κ3) is 2.69. The van der Waals surface area contributed by atoms with E-state index in [0.29, 0.717) is 24.3 Å². The van der Waals surface area contributed by atoms with Crippen LogP contribution in [0.2, 0.25) is 0 Å². The minimum absolute atomic E-state index is 0.170. The first-order valence-corrected chi connectivity index (χ1v) is 11.8. The van der Waals surface area contributed by atoms with Gasteiger partial charge in [-0.05, 0) is 42.8 Å². The second-order valence-electron chi connectivity index (χ2n) is 7.42. The number of nitrogens with zero attached hydrogens (tertiary/aromatic N) is 1. The minimum Gasteiger partial charge on any atom is -0.489 e. The zero-order valence-corrected chi connectivity index (χ0v) is 16.7. The maximum atomic E-state index is 13.1. The highest BCUT2D eigenvalue weighted by Gasteiger charge is 2.75. The van der Waals surface area contributed by atoms with Crippen molar-refractivity contribution in [3.05, 3.63) is 54.6 Å². The quantitative estimate of drug-likeness (QED) is 0.811. The van der Waals surface area contributed by atoms with E-state index < -0.39 is 20.7 Å². The number of para-hydroxylation sites is 1. The van der Waals surface area contributed by atoms with Crippen LogP contribution >= 0.6 is 11.8 Å². The van der Waals surface area contributed by atoms with E-state index in [2.05, 4.69) is 5.32 Å². The van der Waals surface area contributed by atoms with Gasteiger partial charge >= 0.3 is 0 Å². The van der Waals surface area contributed by atoms with Gasteiger partial charge in [-0.2, -0.15) is 11.8 Å². The summed E-state index contributed by atoms with van der Waals surface area (Å²) in [4.78, 5) is 12.9. The molecule has 0 aromatic heterocycles. The first-order chi connectivity index (χ1) is 13.5. The number of amides is 1. The van der Waals surface area contributed by atoms with Crippen molar-refractivity contribution >= 4 is 39.1 Å². The van der Waals surface area contributed by atoms with Crippen molar-refractivity contribution in [1.29, 1.82) is 0 Å². The molecule has 0 unspecified atom stereocenters. The number of carbonyl (C=O) groups excluding carboxylic acids is 1. The fourth-order valence-electron chi connectivity index (χ4n) is 3.89. The van der Waals surface area contributed by atoms with Crippen LogP contribution < -0.4 is 14.4 Å². The number of anilines is 2. The van der Waals surface area contributed by atoms with Gasteiger partial charge in [0.25, 0.3) is 0 Å². The van der Waals surface area contributed by atoms with Crippen LogP contribution in [0.4, 0.5) is 11.4 Å². The molecule has 5 rings (SSSR count). The van der Waals surface area contributed by atoms with Gasteiger partial charge in [0.2, 0.25) is 15.9 Å². The molecule has 0 bridgehead atoms. The Hall–Kier alpha value is -2.19. The predicted molar refractivity (Wildman–Crippen MR) is 110 cm³/mol. The number of hydrogen-bond acceptors (Lipinski definition) is 5. The van der Waals surface area contributed by atoms with Crippen LogP contribution in [0, 0.1) is 5.92 Å². The van der Waals surface area contributed by atoms with E-state index in [0.717, 1.165) is 17.3 Å². The van der Waals surface area contributed by atoms with Crippen LogP contribution in [0.5, 0.6) is 5.75 Å². The summed E-state index contributed by atoms with van der Waals surface area (Å²) < 4.78 is 32.1. The molecule has 2 saturated heterocycles. The zero-order chi connectivity index (χ0) is 19.4. The molecule has 3 aliphatic rings. The number of ether oxygens (including phenoxy) is 1. The van der Waals surface area contributed by atoms with Crippen molar-refractivity contribution in [2.45, 2.75) is 17.3 Å². The molecular formula is C20H20N2O4S2. The number of nitrogens with one attached hydrogen (secondary N) is 1. The largest absolute Gasteiger partial charge is 0.489 e. The molecule has 1 aliphatic carbocycles. The second-order valence-corrected chi connectivity index (χ2v) is 10.6. The Bertz CT molecular complexity index is 1010. The van der Waals surface area contributed by atoms with Gasteiger partial charge in [0, 0.05) is 29.7 Å². The molecule has 2 heterocycles. The molecule has 1 amide bonds. The summed E-state index contributed by atoms with van der Waals surface area (Å²) in [5, 5.41) is 2.80. The monoisotopic (exact) mass is 416 g/mol. The Morgan fingerprint density at radius 1 is 1.11 bits per heavy atom. The van der Waals surface area contributed by atoms with Gasteiger partial charge in [-0.1, -0.05) is 18.2 Å². The van der Waals surface area contributed by atoms with E-state index in [1.807, 2.05) is 17.8 Å². The van der Waals surface area contributed by atoms with Crippen molar-refractivity contribution < 1.29 is 17.9 Å². The number of sulfonamides is 1. The Morgan fingerprint density at radius 3 is 2.46 bits per heavy atom. The van der Waals surface area contributed by atoms with E-state index in [9.17, 15) is 13.2 Å². The molecule has 28 heavy (non-hydrogen) atoms. The van der Waals surface area contributed by atoms with Crippen molar-refractivity contribution in [1.82, 2.24) is 0 Å². The second kappa shape index (κ2) is 6.42. The number of fused-ring (bicyclic) bond motifs is 1. The summed E-state index contributed by atoms with van der Waals surface area (Å²) in [6, 6.07) is 16.1. The van der Waals surface area contributed by atoms with E-state index in [4.69, 9.17) is 4.74 Å². The van der Waals surface area contributed by atoms with Gasteiger partial charge in [-0.15, -0.1) is 0 Å². The molecular weight excluding hydrogens is 396 g/mol. The average molecular weight is 417 g/mol. The van der Waals surface area contributed by atoms with Gasteiger partial charge in [0.05, 0.1) is 5.69 Å². The normalized spacial score (nSPS) is 27.6. The van der Waals surface area contributed by atoms with Crippen molar-refractivity contribution in [3.63, 3.8) is 0 Å². The molecule has 146 valence electrons. The van der Waals surface area contributed by atoms with E-state index in [-0.39, 0.29) is 12.0 Å². The van der Waals surface area contributed by atoms with Crippen molar-refractivity contribution in [3.8, 4) is 5.75 Å². The molecule has 2 aromatic rings. The van der Waals surface area contributed by atoms with Crippen molar-refractivity contribution in [2.75, 3.05) is 27.7 Å². The molecule has 3 fully saturated rings. The highest BCUT2D eigenvalue weighted by atomic mass is 32.2. The summed E-state index contributed by atoms with van der Waals surface area (Å²) in [6.45, 7) is 0.353. The summed E-state index contributed by atoms with van der Waals surface area (Å²) in [6.07, 6.45) is 0.634. The van der Waals surface area contributed by atoms with Crippen LogP contribution in [0.3, 0.4) is 0 Å². The van der Waals surface area contributed by atoms with Crippen LogP contribution in [0.1, 0.15) is 6.42 Å². The number of thioether (sulfide) groups is 1. The van der Waals surface area contributed by atoms with E-state index >= 15 is 0 Å². The Balaban J connectivity index is 1.32.